The molecule has 0 bridgehead atoms. The van der Waals surface area contributed by atoms with E-state index in [9.17, 15) is 10.1 Å². The van der Waals surface area contributed by atoms with Crippen LogP contribution in [0, 0.1) is 21.4 Å². The van der Waals surface area contributed by atoms with Gasteiger partial charge >= 0.3 is 0 Å². The highest BCUT2D eigenvalue weighted by Gasteiger charge is 2.36. The molecule has 1 spiro atoms. The number of nitrogens with one attached hydrogen (secondary N) is 1. The molecular formula is C21H32N4O2. The lowest BCUT2D eigenvalue weighted by Gasteiger charge is -2.45. The number of nitro groups is 1. The Morgan fingerprint density at radius 2 is 1.63 bits per heavy atom. The molecule has 3 aliphatic heterocycles. The second-order valence-corrected chi connectivity index (χ2v) is 8.75. The van der Waals surface area contributed by atoms with E-state index >= 15 is 0 Å². The third kappa shape index (κ3) is 4.43. The van der Waals surface area contributed by atoms with Crippen molar-refractivity contribution in [2.75, 3.05) is 50.7 Å². The summed E-state index contributed by atoms with van der Waals surface area (Å²) in [7, 11) is 0. The van der Waals surface area contributed by atoms with Crippen LogP contribution in [0.4, 0.5) is 11.4 Å². The molecule has 6 nitrogen and oxygen atoms in total. The number of hydrogen-bond donors (Lipinski definition) is 1. The first-order valence-corrected chi connectivity index (χ1v) is 10.6. The summed E-state index contributed by atoms with van der Waals surface area (Å²) in [5.41, 5.74) is 1.93. The lowest BCUT2D eigenvalue weighted by atomic mass is 9.71. The van der Waals surface area contributed by atoms with E-state index in [1.54, 1.807) is 12.1 Å². The number of hydrogen-bond acceptors (Lipinski definition) is 5. The fraction of sp³-hybridized carbons (Fsp3) is 0.714. The molecule has 3 heterocycles. The number of piperidine rings is 3. The predicted molar refractivity (Wildman–Crippen MR) is 108 cm³/mol. The zero-order valence-corrected chi connectivity index (χ0v) is 16.2. The van der Waals surface area contributed by atoms with Gasteiger partial charge in [-0.3, -0.25) is 10.1 Å². The topological polar surface area (TPSA) is 61.7 Å². The number of nitrogens with zero attached hydrogens (tertiary/aromatic N) is 3. The number of rotatable bonds is 4. The molecule has 0 aliphatic carbocycles. The van der Waals surface area contributed by atoms with Crippen molar-refractivity contribution in [3.8, 4) is 0 Å². The van der Waals surface area contributed by atoms with Crippen LogP contribution in [0.2, 0.25) is 0 Å². The van der Waals surface area contributed by atoms with Crippen LogP contribution in [-0.2, 0) is 0 Å². The molecule has 27 heavy (non-hydrogen) atoms. The molecule has 6 heteroatoms. The summed E-state index contributed by atoms with van der Waals surface area (Å²) < 4.78 is 0. The molecule has 4 rings (SSSR count). The maximum atomic E-state index is 10.8. The molecule has 0 aromatic heterocycles. The molecule has 0 amide bonds. The minimum Gasteiger partial charge on any atom is -0.372 e. The SMILES string of the molecule is O=[N+]([O-])c1ccc(N2CCC(CN3CCC4(CCNCC4)CC3)CC2)cc1. The molecule has 0 radical (unpaired) electrons. The van der Waals surface area contributed by atoms with E-state index in [1.807, 2.05) is 12.1 Å². The largest absolute Gasteiger partial charge is 0.372 e. The second-order valence-electron chi connectivity index (χ2n) is 8.75. The number of anilines is 1. The summed E-state index contributed by atoms with van der Waals surface area (Å²) in [5.74, 6) is 0.793. The number of nitro benzene ring substituents is 1. The Kier molecular flexibility index (Phi) is 5.64. The zero-order chi connectivity index (χ0) is 18.7. The monoisotopic (exact) mass is 372 g/mol. The average molecular weight is 373 g/mol. The lowest BCUT2D eigenvalue weighted by molar-refractivity contribution is -0.384. The fourth-order valence-corrected chi connectivity index (χ4v) is 5.19. The van der Waals surface area contributed by atoms with Crippen LogP contribution >= 0.6 is 0 Å². The third-order valence-corrected chi connectivity index (χ3v) is 7.14. The summed E-state index contributed by atoms with van der Waals surface area (Å²) in [4.78, 5) is 15.6. The Morgan fingerprint density at radius 3 is 2.22 bits per heavy atom. The molecule has 0 atom stereocenters. The van der Waals surface area contributed by atoms with Gasteiger partial charge in [0.1, 0.15) is 0 Å². The van der Waals surface area contributed by atoms with Crippen LogP contribution in [0.1, 0.15) is 38.5 Å². The van der Waals surface area contributed by atoms with Crippen molar-refractivity contribution in [1.82, 2.24) is 10.2 Å². The smallest absolute Gasteiger partial charge is 0.269 e. The third-order valence-electron chi connectivity index (χ3n) is 7.14. The first-order chi connectivity index (χ1) is 13.1. The highest BCUT2D eigenvalue weighted by molar-refractivity contribution is 5.51. The number of benzene rings is 1. The van der Waals surface area contributed by atoms with Gasteiger partial charge in [-0.25, -0.2) is 0 Å². The zero-order valence-electron chi connectivity index (χ0n) is 16.2. The molecular weight excluding hydrogens is 340 g/mol. The minimum absolute atomic E-state index is 0.172. The maximum Gasteiger partial charge on any atom is 0.269 e. The molecule has 1 N–H and O–H groups in total. The van der Waals surface area contributed by atoms with E-state index in [-0.39, 0.29) is 10.6 Å². The molecule has 1 aromatic carbocycles. The Labute approximate surface area is 162 Å². The highest BCUT2D eigenvalue weighted by atomic mass is 16.6. The van der Waals surface area contributed by atoms with Gasteiger partial charge in [0, 0.05) is 37.5 Å². The van der Waals surface area contributed by atoms with Crippen LogP contribution in [0.25, 0.3) is 0 Å². The van der Waals surface area contributed by atoms with E-state index in [1.165, 1.54) is 71.2 Å². The predicted octanol–water partition coefficient (Wildman–Crippen LogP) is 3.28. The van der Waals surface area contributed by atoms with E-state index in [4.69, 9.17) is 0 Å². The van der Waals surface area contributed by atoms with E-state index in [0.717, 1.165) is 24.7 Å². The highest BCUT2D eigenvalue weighted by Crippen LogP contribution is 2.39. The first kappa shape index (κ1) is 18.7. The summed E-state index contributed by atoms with van der Waals surface area (Å²) in [6.45, 7) is 8.35. The number of non-ortho nitro benzene ring substituents is 1. The van der Waals surface area contributed by atoms with Gasteiger partial charge in [-0.05, 0) is 88.2 Å². The van der Waals surface area contributed by atoms with E-state index in [2.05, 4.69) is 15.1 Å². The van der Waals surface area contributed by atoms with Crippen LogP contribution < -0.4 is 10.2 Å². The van der Waals surface area contributed by atoms with Crippen LogP contribution in [0.5, 0.6) is 0 Å². The molecule has 0 unspecified atom stereocenters. The Hall–Kier alpha value is -1.66. The van der Waals surface area contributed by atoms with Gasteiger partial charge in [-0.1, -0.05) is 0 Å². The standard InChI is InChI=1S/C21H32N4O2/c26-25(27)20-3-1-19(2-4-20)24-13-5-18(6-14-24)17-23-15-9-21(10-16-23)7-11-22-12-8-21/h1-4,18,22H,5-17H2. The van der Waals surface area contributed by atoms with Gasteiger partial charge in [0.2, 0.25) is 0 Å². The summed E-state index contributed by atoms with van der Waals surface area (Å²) in [5, 5.41) is 14.3. The number of likely N-dealkylation sites (tertiary alicyclic amines) is 1. The Morgan fingerprint density at radius 1 is 1.00 bits per heavy atom. The molecule has 3 fully saturated rings. The Balaban J connectivity index is 1.22. The van der Waals surface area contributed by atoms with Crippen molar-refractivity contribution < 1.29 is 4.92 Å². The molecule has 0 saturated carbocycles. The van der Waals surface area contributed by atoms with Crippen molar-refractivity contribution in [2.24, 2.45) is 11.3 Å². The first-order valence-electron chi connectivity index (χ1n) is 10.6. The maximum absolute atomic E-state index is 10.8. The summed E-state index contributed by atoms with van der Waals surface area (Å²) >= 11 is 0. The van der Waals surface area contributed by atoms with Crippen molar-refractivity contribution in [3.63, 3.8) is 0 Å². The van der Waals surface area contributed by atoms with Gasteiger partial charge < -0.3 is 15.1 Å². The van der Waals surface area contributed by atoms with E-state index in [0.29, 0.717) is 5.41 Å². The average Bonchev–Trinajstić information content (AvgIpc) is 2.71. The molecule has 1 aromatic rings. The van der Waals surface area contributed by atoms with Crippen molar-refractivity contribution in [2.45, 2.75) is 38.5 Å². The van der Waals surface area contributed by atoms with E-state index < -0.39 is 0 Å². The van der Waals surface area contributed by atoms with Gasteiger partial charge in [0.25, 0.3) is 5.69 Å². The van der Waals surface area contributed by atoms with Gasteiger partial charge in [0.15, 0.2) is 0 Å². The van der Waals surface area contributed by atoms with Gasteiger partial charge in [0.05, 0.1) is 4.92 Å². The van der Waals surface area contributed by atoms with Crippen molar-refractivity contribution in [3.05, 3.63) is 34.4 Å². The second kappa shape index (κ2) is 8.15. The lowest BCUT2D eigenvalue weighted by Crippen LogP contribution is -2.47. The van der Waals surface area contributed by atoms with Gasteiger partial charge in [-0.15, -0.1) is 0 Å². The van der Waals surface area contributed by atoms with Crippen LogP contribution in [-0.4, -0.2) is 55.6 Å². The Bertz CT molecular complexity index is 624. The van der Waals surface area contributed by atoms with Crippen molar-refractivity contribution in [1.29, 1.82) is 0 Å². The van der Waals surface area contributed by atoms with Crippen LogP contribution in [0.15, 0.2) is 24.3 Å². The quantitative estimate of drug-likeness (QED) is 0.649. The summed E-state index contributed by atoms with van der Waals surface area (Å²) in [6.07, 6.45) is 7.96. The molecule has 148 valence electrons. The fourth-order valence-electron chi connectivity index (χ4n) is 5.19. The molecule has 3 aliphatic rings. The molecule has 3 saturated heterocycles. The normalized spacial score (nSPS) is 24.2. The van der Waals surface area contributed by atoms with Crippen LogP contribution in [0.3, 0.4) is 0 Å². The van der Waals surface area contributed by atoms with Crippen molar-refractivity contribution >= 4 is 11.4 Å². The summed E-state index contributed by atoms with van der Waals surface area (Å²) in [6, 6.07) is 7.01. The minimum atomic E-state index is -0.331. The van der Waals surface area contributed by atoms with Gasteiger partial charge in [-0.2, -0.15) is 0 Å².